The van der Waals surface area contributed by atoms with Crippen LogP contribution in [0, 0.1) is 17.2 Å². The fraction of sp³-hybridized carbons (Fsp3) is 0.556. The minimum atomic E-state index is -0.0872. The van der Waals surface area contributed by atoms with Crippen molar-refractivity contribution in [1.82, 2.24) is 0 Å². The maximum atomic E-state index is 11.4. The lowest BCUT2D eigenvalue weighted by Crippen LogP contribution is -2.15. The highest BCUT2D eigenvalue weighted by Crippen LogP contribution is 2.16. The predicted octanol–water partition coefficient (Wildman–Crippen LogP) is 1.06. The summed E-state index contributed by atoms with van der Waals surface area (Å²) < 4.78 is 5.06. The number of carbonyl (C=O) groups excluding carboxylic acids is 1. The normalized spacial score (nSPS) is 23.7. The van der Waals surface area contributed by atoms with Crippen molar-refractivity contribution in [2.45, 2.75) is 13.3 Å². The van der Waals surface area contributed by atoms with Crippen LogP contribution < -0.4 is 0 Å². The van der Waals surface area contributed by atoms with E-state index in [1.807, 2.05) is 6.07 Å². The highest BCUT2D eigenvalue weighted by molar-refractivity contribution is 6.00. The lowest BCUT2D eigenvalue weighted by Gasteiger charge is -2.03. The van der Waals surface area contributed by atoms with Gasteiger partial charge in [-0.15, -0.1) is 0 Å². The molecule has 0 radical (unpaired) electrons. The van der Waals surface area contributed by atoms with Crippen molar-refractivity contribution in [2.24, 2.45) is 5.92 Å². The van der Waals surface area contributed by atoms with E-state index in [4.69, 9.17) is 10.00 Å². The van der Waals surface area contributed by atoms with Crippen LogP contribution in [0.5, 0.6) is 0 Å². The lowest BCUT2D eigenvalue weighted by atomic mass is 9.98. The number of ketones is 1. The Morgan fingerprint density at radius 2 is 2.50 bits per heavy atom. The summed E-state index contributed by atoms with van der Waals surface area (Å²) in [6.45, 7) is 2.81. The van der Waals surface area contributed by atoms with E-state index in [9.17, 15) is 4.79 Å². The number of nitriles is 1. The Labute approximate surface area is 71.6 Å². The van der Waals surface area contributed by atoms with E-state index in [-0.39, 0.29) is 17.3 Å². The Morgan fingerprint density at radius 1 is 1.75 bits per heavy atom. The molecule has 1 aliphatic rings. The maximum absolute atomic E-state index is 11.4. The second-order valence-electron chi connectivity index (χ2n) is 2.74. The third kappa shape index (κ3) is 1.72. The quantitative estimate of drug-likeness (QED) is 0.454. The van der Waals surface area contributed by atoms with Crippen molar-refractivity contribution in [3.05, 3.63) is 11.6 Å². The van der Waals surface area contributed by atoms with E-state index in [0.29, 0.717) is 13.2 Å². The van der Waals surface area contributed by atoms with Crippen LogP contribution >= 0.6 is 0 Å². The summed E-state index contributed by atoms with van der Waals surface area (Å²) >= 11 is 0. The van der Waals surface area contributed by atoms with E-state index >= 15 is 0 Å². The summed E-state index contributed by atoms with van der Waals surface area (Å²) in [6, 6.07) is 1.88. The van der Waals surface area contributed by atoms with Gasteiger partial charge in [-0.05, 0) is 13.3 Å². The molecule has 0 N–H and O–H groups in total. The van der Waals surface area contributed by atoms with Gasteiger partial charge in [0.1, 0.15) is 6.07 Å². The van der Waals surface area contributed by atoms with Crippen molar-refractivity contribution in [3.63, 3.8) is 0 Å². The molecule has 1 rings (SSSR count). The molecule has 3 nitrogen and oxygen atoms in total. The van der Waals surface area contributed by atoms with Crippen LogP contribution in [0.3, 0.4) is 0 Å². The third-order valence-corrected chi connectivity index (χ3v) is 1.98. The number of rotatable bonds is 2. The van der Waals surface area contributed by atoms with Gasteiger partial charge in [0, 0.05) is 12.5 Å². The highest BCUT2D eigenvalue weighted by Gasteiger charge is 2.25. The largest absolute Gasteiger partial charge is 0.381 e. The molecular weight excluding hydrogens is 154 g/mol. The number of ether oxygens (including phenoxy) is 1. The first-order chi connectivity index (χ1) is 5.79. The summed E-state index contributed by atoms with van der Waals surface area (Å²) in [5.41, 5.74) is 0.255. The number of hydrogen-bond donors (Lipinski definition) is 0. The Balaban J connectivity index is 2.64. The van der Waals surface area contributed by atoms with Crippen LogP contribution in [0.1, 0.15) is 13.3 Å². The van der Waals surface area contributed by atoms with Crippen molar-refractivity contribution in [1.29, 1.82) is 5.26 Å². The second-order valence-corrected chi connectivity index (χ2v) is 2.74. The fourth-order valence-corrected chi connectivity index (χ4v) is 1.22. The van der Waals surface area contributed by atoms with Crippen molar-refractivity contribution in [3.8, 4) is 6.07 Å². The third-order valence-electron chi connectivity index (χ3n) is 1.98. The zero-order chi connectivity index (χ0) is 8.97. The van der Waals surface area contributed by atoms with Crippen molar-refractivity contribution in [2.75, 3.05) is 13.2 Å². The predicted molar refractivity (Wildman–Crippen MR) is 43.3 cm³/mol. The van der Waals surface area contributed by atoms with E-state index in [1.165, 1.54) is 0 Å². The first-order valence-electron chi connectivity index (χ1n) is 3.98. The van der Waals surface area contributed by atoms with E-state index in [2.05, 4.69) is 0 Å². The molecule has 12 heavy (non-hydrogen) atoms. The van der Waals surface area contributed by atoms with Gasteiger partial charge in [-0.25, -0.2) is 0 Å². The minimum absolute atomic E-state index is 0.0718. The van der Waals surface area contributed by atoms with Gasteiger partial charge in [0.25, 0.3) is 0 Å². The Bertz CT molecular complexity index is 244. The van der Waals surface area contributed by atoms with Crippen LogP contribution in [-0.4, -0.2) is 19.0 Å². The van der Waals surface area contributed by atoms with Gasteiger partial charge in [0.15, 0.2) is 5.78 Å². The molecule has 0 saturated carbocycles. The smallest absolute Gasteiger partial charge is 0.178 e. The van der Waals surface area contributed by atoms with E-state index in [0.717, 1.165) is 6.42 Å². The summed E-state index contributed by atoms with van der Waals surface area (Å²) in [6.07, 6.45) is 2.30. The molecule has 0 aromatic rings. The average Bonchev–Trinajstić information content (AvgIpc) is 2.58. The summed E-state index contributed by atoms with van der Waals surface area (Å²) in [5.74, 6) is -0.159. The van der Waals surface area contributed by atoms with Gasteiger partial charge in [0.2, 0.25) is 0 Å². The lowest BCUT2D eigenvalue weighted by molar-refractivity contribution is -0.118. The van der Waals surface area contributed by atoms with Crippen LogP contribution in [0.4, 0.5) is 0 Å². The summed E-state index contributed by atoms with van der Waals surface area (Å²) in [7, 11) is 0. The second kappa shape index (κ2) is 4.03. The minimum Gasteiger partial charge on any atom is -0.381 e. The number of allylic oxidation sites excluding steroid dienone is 2. The number of hydrogen-bond acceptors (Lipinski definition) is 3. The zero-order valence-corrected chi connectivity index (χ0v) is 7.04. The monoisotopic (exact) mass is 165 g/mol. The Hall–Kier alpha value is -1.14. The van der Waals surface area contributed by atoms with Crippen LogP contribution in [-0.2, 0) is 9.53 Å². The topological polar surface area (TPSA) is 50.1 Å². The molecule has 1 unspecified atom stereocenters. The molecule has 0 spiro atoms. The standard InChI is InChI=1S/C9H11NO2/c1-2-7(5-10)9(11)8-3-4-12-6-8/h2,8H,3-4,6H2,1H3/b7-2-. The molecule has 3 heteroatoms. The molecule has 0 bridgehead atoms. The molecule has 1 saturated heterocycles. The van der Waals surface area contributed by atoms with Gasteiger partial charge < -0.3 is 4.74 Å². The first kappa shape index (κ1) is 8.95. The molecule has 64 valence electrons. The Kier molecular flexibility index (Phi) is 3.01. The van der Waals surface area contributed by atoms with Gasteiger partial charge in [0.05, 0.1) is 12.2 Å². The molecular formula is C9H11NO2. The van der Waals surface area contributed by atoms with E-state index < -0.39 is 0 Å². The van der Waals surface area contributed by atoms with Gasteiger partial charge >= 0.3 is 0 Å². The Morgan fingerprint density at radius 3 is 2.92 bits per heavy atom. The first-order valence-corrected chi connectivity index (χ1v) is 3.98. The van der Waals surface area contributed by atoms with Crippen LogP contribution in [0.25, 0.3) is 0 Å². The van der Waals surface area contributed by atoms with Crippen LogP contribution in [0.2, 0.25) is 0 Å². The SMILES string of the molecule is C/C=C(/C#N)C(=O)C1CCOC1. The summed E-state index contributed by atoms with van der Waals surface area (Å²) in [5, 5.41) is 8.58. The van der Waals surface area contributed by atoms with Gasteiger partial charge in [-0.3, -0.25) is 4.79 Å². The highest BCUT2D eigenvalue weighted by atomic mass is 16.5. The molecule has 1 heterocycles. The van der Waals surface area contributed by atoms with Gasteiger partial charge in [-0.1, -0.05) is 6.08 Å². The molecule has 0 aliphatic carbocycles. The molecule has 0 aromatic carbocycles. The van der Waals surface area contributed by atoms with Crippen molar-refractivity contribution >= 4 is 5.78 Å². The molecule has 0 amide bonds. The number of Topliss-reactive ketones (excluding diaryl/α,β-unsaturated/α-hetero) is 1. The molecule has 1 atom stereocenters. The van der Waals surface area contributed by atoms with E-state index in [1.54, 1.807) is 13.0 Å². The van der Waals surface area contributed by atoms with Gasteiger partial charge in [-0.2, -0.15) is 5.26 Å². The molecule has 1 fully saturated rings. The number of carbonyl (C=O) groups is 1. The molecule has 0 aromatic heterocycles. The van der Waals surface area contributed by atoms with Crippen LogP contribution in [0.15, 0.2) is 11.6 Å². The van der Waals surface area contributed by atoms with Crippen molar-refractivity contribution < 1.29 is 9.53 Å². The summed E-state index contributed by atoms with van der Waals surface area (Å²) in [4.78, 5) is 11.4. The maximum Gasteiger partial charge on any atom is 0.178 e. The molecule has 1 aliphatic heterocycles. The average molecular weight is 165 g/mol. The fourth-order valence-electron chi connectivity index (χ4n) is 1.22. The number of nitrogens with zero attached hydrogens (tertiary/aromatic N) is 1. The zero-order valence-electron chi connectivity index (χ0n) is 7.04.